The van der Waals surface area contributed by atoms with Crippen molar-refractivity contribution in [3.05, 3.63) is 30.3 Å². The van der Waals surface area contributed by atoms with E-state index in [9.17, 15) is 14.7 Å². The molecule has 0 spiro atoms. The van der Waals surface area contributed by atoms with Crippen LogP contribution in [0.4, 0.5) is 4.79 Å². The minimum atomic E-state index is -1.38. The van der Waals surface area contributed by atoms with Gasteiger partial charge in [-0.25, -0.2) is 4.79 Å². The molecular formula is C20H32N2O5. The van der Waals surface area contributed by atoms with Gasteiger partial charge in [0.05, 0.1) is 12.6 Å². The summed E-state index contributed by atoms with van der Waals surface area (Å²) in [7, 11) is 0. The molecule has 1 aromatic carbocycles. The number of hydrogen-bond donors (Lipinski definition) is 3. The summed E-state index contributed by atoms with van der Waals surface area (Å²) in [6.45, 7) is 9.66. The Kier molecular flexibility index (Phi) is 9.08. The van der Waals surface area contributed by atoms with Crippen molar-refractivity contribution < 1.29 is 24.2 Å². The van der Waals surface area contributed by atoms with Gasteiger partial charge in [0.1, 0.15) is 18.0 Å². The summed E-state index contributed by atoms with van der Waals surface area (Å²) in [5, 5.41) is 15.6. The van der Waals surface area contributed by atoms with Gasteiger partial charge in [0.2, 0.25) is 0 Å². The van der Waals surface area contributed by atoms with E-state index in [-0.39, 0.29) is 19.1 Å². The van der Waals surface area contributed by atoms with E-state index in [2.05, 4.69) is 10.6 Å². The van der Waals surface area contributed by atoms with Crippen LogP contribution in [0.25, 0.3) is 0 Å². The fraction of sp³-hybridized carbons (Fsp3) is 0.600. The summed E-state index contributed by atoms with van der Waals surface area (Å²) in [5.41, 5.74) is -0.658. The molecule has 0 saturated carbocycles. The summed E-state index contributed by atoms with van der Waals surface area (Å²) < 4.78 is 10.7. The molecule has 3 N–H and O–H groups in total. The predicted octanol–water partition coefficient (Wildman–Crippen LogP) is 2.48. The van der Waals surface area contributed by atoms with Gasteiger partial charge in [0.15, 0.2) is 6.10 Å². The molecule has 152 valence electrons. The van der Waals surface area contributed by atoms with Crippen LogP contribution in [-0.2, 0) is 9.53 Å². The molecule has 0 heterocycles. The number of amides is 2. The SMILES string of the molecule is CC(C)C[C@H](NC(=O)OC(C)(C)C)C(O)C(=O)NCCOc1ccccc1. The largest absolute Gasteiger partial charge is 0.492 e. The molecule has 0 saturated heterocycles. The van der Waals surface area contributed by atoms with Crippen LogP contribution >= 0.6 is 0 Å². The summed E-state index contributed by atoms with van der Waals surface area (Å²) in [6.07, 6.45) is -1.60. The number of aliphatic hydroxyl groups excluding tert-OH is 1. The molecule has 7 heteroatoms. The zero-order valence-corrected chi connectivity index (χ0v) is 16.8. The van der Waals surface area contributed by atoms with Crippen LogP contribution in [0.5, 0.6) is 5.75 Å². The molecule has 7 nitrogen and oxygen atoms in total. The first-order chi connectivity index (χ1) is 12.6. The molecule has 1 aromatic rings. The minimum absolute atomic E-state index is 0.175. The van der Waals surface area contributed by atoms with E-state index >= 15 is 0 Å². The standard InChI is InChI=1S/C20H32N2O5/c1-14(2)13-16(22-19(25)27-20(3,4)5)17(23)18(24)21-11-12-26-15-9-7-6-8-10-15/h6-10,14,16-17,23H,11-13H2,1-5H3,(H,21,24)(H,22,25)/t16-,17?/m0/s1. The highest BCUT2D eigenvalue weighted by molar-refractivity contribution is 5.82. The van der Waals surface area contributed by atoms with Crippen LogP contribution in [0, 0.1) is 5.92 Å². The number of hydrogen-bond acceptors (Lipinski definition) is 5. The van der Waals surface area contributed by atoms with Crippen molar-refractivity contribution in [2.24, 2.45) is 5.92 Å². The molecule has 27 heavy (non-hydrogen) atoms. The third kappa shape index (κ3) is 9.84. The summed E-state index contributed by atoms with van der Waals surface area (Å²) >= 11 is 0. The normalized spacial score (nSPS) is 13.6. The Bertz CT molecular complexity index is 584. The molecule has 0 aromatic heterocycles. The quantitative estimate of drug-likeness (QED) is 0.572. The second kappa shape index (κ2) is 10.8. The van der Waals surface area contributed by atoms with Gasteiger partial charge < -0.3 is 25.2 Å². The number of alkyl carbamates (subject to hydrolysis) is 1. The highest BCUT2D eigenvalue weighted by Gasteiger charge is 2.29. The van der Waals surface area contributed by atoms with Crippen LogP contribution < -0.4 is 15.4 Å². The molecule has 0 radical (unpaired) electrons. The molecular weight excluding hydrogens is 348 g/mol. The van der Waals surface area contributed by atoms with Gasteiger partial charge in [0, 0.05) is 0 Å². The van der Waals surface area contributed by atoms with Crippen LogP contribution in [0.1, 0.15) is 41.0 Å². The van der Waals surface area contributed by atoms with Crippen molar-refractivity contribution >= 4 is 12.0 Å². The van der Waals surface area contributed by atoms with E-state index in [1.165, 1.54) is 0 Å². The van der Waals surface area contributed by atoms with E-state index in [1.54, 1.807) is 20.8 Å². The highest BCUT2D eigenvalue weighted by Crippen LogP contribution is 2.12. The van der Waals surface area contributed by atoms with Gasteiger partial charge in [-0.2, -0.15) is 0 Å². The fourth-order valence-corrected chi connectivity index (χ4v) is 2.38. The lowest BCUT2D eigenvalue weighted by molar-refractivity contribution is -0.131. The Balaban J connectivity index is 2.51. The van der Waals surface area contributed by atoms with E-state index < -0.39 is 29.7 Å². The van der Waals surface area contributed by atoms with E-state index in [1.807, 2.05) is 44.2 Å². The fourth-order valence-electron chi connectivity index (χ4n) is 2.38. The number of ether oxygens (including phenoxy) is 2. The Morgan fingerprint density at radius 2 is 1.78 bits per heavy atom. The minimum Gasteiger partial charge on any atom is -0.492 e. The van der Waals surface area contributed by atoms with Crippen molar-refractivity contribution in [3.8, 4) is 5.75 Å². The van der Waals surface area contributed by atoms with Gasteiger partial charge in [-0.3, -0.25) is 4.79 Å². The van der Waals surface area contributed by atoms with Crippen LogP contribution in [0.15, 0.2) is 30.3 Å². The molecule has 0 aliphatic rings. The lowest BCUT2D eigenvalue weighted by Gasteiger charge is -2.27. The van der Waals surface area contributed by atoms with Gasteiger partial charge in [-0.1, -0.05) is 32.0 Å². The maximum Gasteiger partial charge on any atom is 0.407 e. The topological polar surface area (TPSA) is 96.9 Å². The van der Waals surface area contributed by atoms with Crippen molar-refractivity contribution in [2.45, 2.75) is 58.8 Å². The number of rotatable bonds is 9. The third-order valence-corrected chi connectivity index (χ3v) is 3.49. The van der Waals surface area contributed by atoms with Gasteiger partial charge in [0.25, 0.3) is 5.91 Å². The first-order valence-corrected chi connectivity index (χ1v) is 9.21. The molecule has 2 amide bonds. The van der Waals surface area contributed by atoms with Gasteiger partial charge in [-0.15, -0.1) is 0 Å². The maximum absolute atomic E-state index is 12.2. The zero-order valence-electron chi connectivity index (χ0n) is 16.8. The van der Waals surface area contributed by atoms with E-state index in [0.29, 0.717) is 12.2 Å². The van der Waals surface area contributed by atoms with Crippen LogP contribution in [-0.4, -0.2) is 48.0 Å². The van der Waals surface area contributed by atoms with Crippen LogP contribution in [0.3, 0.4) is 0 Å². The van der Waals surface area contributed by atoms with E-state index in [0.717, 1.165) is 0 Å². The van der Waals surface area contributed by atoms with Crippen molar-refractivity contribution in [1.29, 1.82) is 0 Å². The number of nitrogens with one attached hydrogen (secondary N) is 2. The Labute approximate surface area is 161 Å². The maximum atomic E-state index is 12.2. The Hall–Kier alpha value is -2.28. The smallest absolute Gasteiger partial charge is 0.407 e. The first-order valence-electron chi connectivity index (χ1n) is 9.21. The van der Waals surface area contributed by atoms with Crippen molar-refractivity contribution in [2.75, 3.05) is 13.2 Å². The third-order valence-electron chi connectivity index (χ3n) is 3.49. The van der Waals surface area contributed by atoms with Crippen LogP contribution in [0.2, 0.25) is 0 Å². The first kappa shape index (κ1) is 22.8. The lowest BCUT2D eigenvalue weighted by atomic mass is 9.99. The molecule has 0 aliphatic heterocycles. The average Bonchev–Trinajstić information content (AvgIpc) is 2.56. The molecule has 0 fully saturated rings. The number of aliphatic hydroxyl groups is 1. The Morgan fingerprint density at radius 3 is 2.33 bits per heavy atom. The second-order valence-electron chi connectivity index (χ2n) is 7.78. The predicted molar refractivity (Wildman–Crippen MR) is 104 cm³/mol. The van der Waals surface area contributed by atoms with Gasteiger partial charge >= 0.3 is 6.09 Å². The Morgan fingerprint density at radius 1 is 1.15 bits per heavy atom. The molecule has 0 bridgehead atoms. The summed E-state index contributed by atoms with van der Waals surface area (Å²) in [5.74, 6) is 0.318. The summed E-state index contributed by atoms with van der Waals surface area (Å²) in [6, 6.07) is 8.50. The van der Waals surface area contributed by atoms with Crippen molar-refractivity contribution in [3.63, 3.8) is 0 Å². The number of benzene rings is 1. The number of carbonyl (C=O) groups is 2. The lowest BCUT2D eigenvalue weighted by Crippen LogP contribution is -2.52. The van der Waals surface area contributed by atoms with Gasteiger partial charge in [-0.05, 0) is 45.2 Å². The molecule has 1 rings (SSSR count). The van der Waals surface area contributed by atoms with Crippen molar-refractivity contribution in [1.82, 2.24) is 10.6 Å². The van der Waals surface area contributed by atoms with E-state index in [4.69, 9.17) is 9.47 Å². The number of carbonyl (C=O) groups excluding carboxylic acids is 2. The molecule has 1 unspecified atom stereocenters. The summed E-state index contributed by atoms with van der Waals surface area (Å²) in [4.78, 5) is 24.2. The highest BCUT2D eigenvalue weighted by atomic mass is 16.6. The monoisotopic (exact) mass is 380 g/mol. The second-order valence-corrected chi connectivity index (χ2v) is 7.78. The zero-order chi connectivity index (χ0) is 20.4. The average molecular weight is 380 g/mol. The number of para-hydroxylation sites is 1. The molecule has 2 atom stereocenters. The molecule has 0 aliphatic carbocycles.